The van der Waals surface area contributed by atoms with Crippen LogP contribution in [0.5, 0.6) is 0 Å². The molecule has 0 saturated carbocycles. The zero-order valence-corrected chi connectivity index (χ0v) is 22.1. The van der Waals surface area contributed by atoms with Gasteiger partial charge in [0.05, 0.1) is 17.0 Å². The number of pyridine rings is 1. The number of carbonyl (C=O) groups excluding carboxylic acids is 3. The molecule has 0 unspecified atom stereocenters. The predicted molar refractivity (Wildman–Crippen MR) is 152 cm³/mol. The van der Waals surface area contributed by atoms with Crippen LogP contribution in [-0.2, 0) is 15.8 Å². The smallest absolute Gasteiger partial charge is 0.325 e. The molecular weight excluding hydrogens is 553 g/mol. The summed E-state index contributed by atoms with van der Waals surface area (Å²) in [5.41, 5.74) is 0.0662. The van der Waals surface area contributed by atoms with Gasteiger partial charge in [0, 0.05) is 28.5 Å². The number of rotatable bonds is 9. The van der Waals surface area contributed by atoms with Crippen molar-refractivity contribution in [1.29, 1.82) is 0 Å². The summed E-state index contributed by atoms with van der Waals surface area (Å²) in [5, 5.41) is 7.67. The minimum Gasteiger partial charge on any atom is -0.325 e. The van der Waals surface area contributed by atoms with E-state index in [0.717, 1.165) is 17.8 Å². The van der Waals surface area contributed by atoms with Crippen LogP contribution in [0.2, 0.25) is 0 Å². The van der Waals surface area contributed by atoms with Crippen molar-refractivity contribution in [2.24, 2.45) is 0 Å². The van der Waals surface area contributed by atoms with E-state index in [9.17, 15) is 27.6 Å². The quantitative estimate of drug-likeness (QED) is 0.162. The normalized spacial score (nSPS) is 11.4. The van der Waals surface area contributed by atoms with E-state index in [-0.39, 0.29) is 17.1 Å². The Morgan fingerprint density at radius 2 is 1.61 bits per heavy atom. The standard InChI is InChI=1S/C30H23F3N4O3S/c31-30(32,33)24-13-4-5-14-25(24)36-27(38)19-41-23-12-6-11-22(17-23)35-29(40)26(16-20-8-7-15-34-18-20)37-28(39)21-9-2-1-3-10-21/h1-18H,19H2,(H,35,40)(H,36,38)(H,37,39)/b26-16-. The maximum Gasteiger partial charge on any atom is 0.418 e. The lowest BCUT2D eigenvalue weighted by atomic mass is 10.1. The van der Waals surface area contributed by atoms with Gasteiger partial charge in [-0.25, -0.2) is 0 Å². The van der Waals surface area contributed by atoms with Gasteiger partial charge >= 0.3 is 6.18 Å². The van der Waals surface area contributed by atoms with Crippen LogP contribution in [-0.4, -0.2) is 28.5 Å². The van der Waals surface area contributed by atoms with Crippen molar-refractivity contribution in [3.05, 3.63) is 126 Å². The molecule has 0 spiro atoms. The molecule has 0 aliphatic carbocycles. The Bertz CT molecular complexity index is 1560. The van der Waals surface area contributed by atoms with Gasteiger partial charge in [-0.2, -0.15) is 13.2 Å². The van der Waals surface area contributed by atoms with E-state index in [4.69, 9.17) is 0 Å². The van der Waals surface area contributed by atoms with E-state index in [2.05, 4.69) is 20.9 Å². The number of hydrogen-bond donors (Lipinski definition) is 3. The molecule has 3 N–H and O–H groups in total. The molecule has 3 aromatic carbocycles. The molecule has 1 aromatic heterocycles. The third-order valence-corrected chi connectivity index (χ3v) is 6.49. The summed E-state index contributed by atoms with van der Waals surface area (Å²) in [6.45, 7) is 0. The summed E-state index contributed by atoms with van der Waals surface area (Å²) in [4.78, 5) is 43.0. The molecule has 0 saturated heterocycles. The zero-order valence-electron chi connectivity index (χ0n) is 21.3. The largest absolute Gasteiger partial charge is 0.418 e. The Balaban J connectivity index is 1.43. The SMILES string of the molecule is O=C(CSc1cccc(NC(=O)/C(=C/c2cccnc2)NC(=O)c2ccccc2)c1)Nc1ccccc1C(F)(F)F. The minimum absolute atomic E-state index is 0.0207. The molecule has 208 valence electrons. The number of alkyl halides is 3. The fraction of sp³-hybridized carbons (Fsp3) is 0.0667. The number of hydrogen-bond acceptors (Lipinski definition) is 5. The molecule has 7 nitrogen and oxygen atoms in total. The van der Waals surface area contributed by atoms with Crippen molar-refractivity contribution in [3.63, 3.8) is 0 Å². The third-order valence-electron chi connectivity index (χ3n) is 5.49. The van der Waals surface area contributed by atoms with Gasteiger partial charge in [0.1, 0.15) is 5.70 Å². The van der Waals surface area contributed by atoms with Crippen LogP contribution >= 0.6 is 11.8 Å². The van der Waals surface area contributed by atoms with Crippen molar-refractivity contribution in [1.82, 2.24) is 10.3 Å². The monoisotopic (exact) mass is 576 g/mol. The molecular formula is C30H23F3N4O3S. The maximum absolute atomic E-state index is 13.2. The Kier molecular flexibility index (Phi) is 9.54. The molecule has 11 heteroatoms. The maximum atomic E-state index is 13.2. The van der Waals surface area contributed by atoms with Gasteiger partial charge in [-0.15, -0.1) is 11.8 Å². The molecule has 3 amide bonds. The van der Waals surface area contributed by atoms with Gasteiger partial charge in [0.2, 0.25) is 5.91 Å². The van der Waals surface area contributed by atoms with E-state index >= 15 is 0 Å². The fourth-order valence-corrected chi connectivity index (χ4v) is 4.36. The summed E-state index contributed by atoms with van der Waals surface area (Å²) in [7, 11) is 0. The van der Waals surface area contributed by atoms with Crippen LogP contribution in [0.15, 0.2) is 114 Å². The van der Waals surface area contributed by atoms with Gasteiger partial charge < -0.3 is 16.0 Å². The van der Waals surface area contributed by atoms with Crippen molar-refractivity contribution < 1.29 is 27.6 Å². The van der Waals surface area contributed by atoms with E-state index < -0.39 is 29.5 Å². The molecule has 4 aromatic rings. The van der Waals surface area contributed by atoms with Crippen LogP contribution in [0.4, 0.5) is 24.5 Å². The number of para-hydroxylation sites is 1. The number of aromatic nitrogens is 1. The average Bonchev–Trinajstić information content (AvgIpc) is 2.96. The van der Waals surface area contributed by atoms with Gasteiger partial charge in [-0.05, 0) is 60.2 Å². The Hall–Kier alpha value is -4.90. The van der Waals surface area contributed by atoms with Crippen molar-refractivity contribution in [2.45, 2.75) is 11.1 Å². The average molecular weight is 577 g/mol. The Morgan fingerprint density at radius 1 is 0.854 bits per heavy atom. The first-order chi connectivity index (χ1) is 19.7. The molecule has 0 aliphatic rings. The van der Waals surface area contributed by atoms with Gasteiger partial charge in [0.25, 0.3) is 11.8 Å². The number of thioether (sulfide) groups is 1. The Morgan fingerprint density at radius 3 is 2.34 bits per heavy atom. The summed E-state index contributed by atoms with van der Waals surface area (Å²) < 4.78 is 39.6. The molecule has 1 heterocycles. The zero-order chi connectivity index (χ0) is 29.2. The van der Waals surface area contributed by atoms with Crippen LogP contribution in [0, 0.1) is 0 Å². The second-order valence-corrected chi connectivity index (χ2v) is 9.58. The second kappa shape index (κ2) is 13.4. The first-order valence-electron chi connectivity index (χ1n) is 12.2. The predicted octanol–water partition coefficient (Wildman–Crippen LogP) is 6.24. The number of halogens is 3. The lowest BCUT2D eigenvalue weighted by Crippen LogP contribution is -2.30. The summed E-state index contributed by atoms with van der Waals surface area (Å²) in [5.74, 6) is -1.85. The van der Waals surface area contributed by atoms with Crippen molar-refractivity contribution >= 4 is 46.9 Å². The summed E-state index contributed by atoms with van der Waals surface area (Å²) in [6.07, 6.45) is 0.00879. The first-order valence-corrected chi connectivity index (χ1v) is 13.2. The number of amides is 3. The number of anilines is 2. The van der Waals surface area contributed by atoms with Gasteiger partial charge in [-0.3, -0.25) is 19.4 Å². The highest BCUT2D eigenvalue weighted by molar-refractivity contribution is 8.00. The highest BCUT2D eigenvalue weighted by atomic mass is 32.2. The Labute approximate surface area is 237 Å². The highest BCUT2D eigenvalue weighted by Crippen LogP contribution is 2.34. The number of nitrogens with one attached hydrogen (secondary N) is 3. The number of nitrogens with zero attached hydrogens (tertiary/aromatic N) is 1. The van der Waals surface area contributed by atoms with E-state index in [1.807, 2.05) is 0 Å². The van der Waals surface area contributed by atoms with Crippen LogP contribution in [0.3, 0.4) is 0 Å². The second-order valence-electron chi connectivity index (χ2n) is 8.53. The van der Waals surface area contributed by atoms with Crippen LogP contribution in [0.25, 0.3) is 6.08 Å². The molecule has 41 heavy (non-hydrogen) atoms. The number of benzene rings is 3. The summed E-state index contributed by atoms with van der Waals surface area (Å²) >= 11 is 1.08. The molecule has 0 radical (unpaired) electrons. The van der Waals surface area contributed by atoms with E-state index in [0.29, 0.717) is 21.7 Å². The van der Waals surface area contributed by atoms with Crippen molar-refractivity contribution in [3.8, 4) is 0 Å². The van der Waals surface area contributed by atoms with Crippen LogP contribution < -0.4 is 16.0 Å². The van der Waals surface area contributed by atoms with Gasteiger partial charge in [0.15, 0.2) is 0 Å². The van der Waals surface area contributed by atoms with E-state index in [1.54, 1.807) is 72.9 Å². The van der Waals surface area contributed by atoms with Crippen LogP contribution in [0.1, 0.15) is 21.5 Å². The molecule has 0 atom stereocenters. The molecule has 0 bridgehead atoms. The number of carbonyl (C=O) groups is 3. The van der Waals surface area contributed by atoms with Crippen molar-refractivity contribution in [2.75, 3.05) is 16.4 Å². The first kappa shape index (κ1) is 29.1. The van der Waals surface area contributed by atoms with E-state index in [1.165, 1.54) is 30.5 Å². The lowest BCUT2D eigenvalue weighted by Gasteiger charge is -2.14. The third kappa shape index (κ3) is 8.54. The minimum atomic E-state index is -4.60. The topological polar surface area (TPSA) is 100 Å². The van der Waals surface area contributed by atoms with Gasteiger partial charge in [-0.1, -0.05) is 42.5 Å². The molecule has 0 aliphatic heterocycles. The molecule has 0 fully saturated rings. The fourth-order valence-electron chi connectivity index (χ4n) is 3.61. The highest BCUT2D eigenvalue weighted by Gasteiger charge is 2.33. The molecule has 4 rings (SSSR count). The summed E-state index contributed by atoms with van der Waals surface area (Å²) in [6, 6.07) is 23.2. The lowest BCUT2D eigenvalue weighted by molar-refractivity contribution is -0.137.